The lowest BCUT2D eigenvalue weighted by Crippen LogP contribution is -2.40. The van der Waals surface area contributed by atoms with Crippen LogP contribution in [-0.4, -0.2) is 43.6 Å². The Morgan fingerprint density at radius 1 is 1.30 bits per heavy atom. The number of hydrogen-bond acceptors (Lipinski definition) is 5. The molecule has 2 amide bonds. The third-order valence-corrected chi connectivity index (χ3v) is 2.72. The maximum absolute atomic E-state index is 11.7. The minimum absolute atomic E-state index is 0.129. The second kappa shape index (κ2) is 9.06. The molecule has 6 heteroatoms. The lowest BCUT2D eigenvalue weighted by molar-refractivity contribution is -0.121. The van der Waals surface area contributed by atoms with E-state index in [9.17, 15) is 9.59 Å². The predicted octanol–water partition coefficient (Wildman–Crippen LogP) is 0.720. The molecule has 3 N–H and O–H groups in total. The minimum Gasteiger partial charge on any atom is -0.453 e. The van der Waals surface area contributed by atoms with Gasteiger partial charge in [0, 0.05) is 13.1 Å². The zero-order valence-corrected chi connectivity index (χ0v) is 11.7. The Kier molecular flexibility index (Phi) is 7.31. The van der Waals surface area contributed by atoms with Gasteiger partial charge in [0.15, 0.2) is 0 Å². The first-order valence-corrected chi connectivity index (χ1v) is 6.50. The number of benzene rings is 1. The van der Waals surface area contributed by atoms with E-state index >= 15 is 0 Å². The zero-order chi connectivity index (χ0) is 14.8. The quantitative estimate of drug-likeness (QED) is 0.768. The van der Waals surface area contributed by atoms with Crippen molar-refractivity contribution in [3.05, 3.63) is 35.9 Å². The first-order chi connectivity index (χ1) is 9.65. The Balaban J connectivity index is 2.55. The fraction of sp³-hybridized carbons (Fsp3) is 0.429. The number of nitrogens with one attached hydrogen (secondary N) is 1. The van der Waals surface area contributed by atoms with Crippen LogP contribution in [0.5, 0.6) is 0 Å². The molecule has 0 spiro atoms. The van der Waals surface area contributed by atoms with Crippen LogP contribution < -0.4 is 11.1 Å². The molecule has 0 fully saturated rings. The van der Waals surface area contributed by atoms with Crippen LogP contribution in [0.4, 0.5) is 4.79 Å². The number of rotatable bonds is 7. The van der Waals surface area contributed by atoms with E-state index in [0.29, 0.717) is 19.6 Å². The molecular weight excluding hydrogens is 258 g/mol. The first kappa shape index (κ1) is 16.1. The summed E-state index contributed by atoms with van der Waals surface area (Å²) in [5, 5.41) is 2.15. The second-order valence-corrected chi connectivity index (χ2v) is 4.38. The van der Waals surface area contributed by atoms with E-state index in [1.54, 1.807) is 0 Å². The largest absolute Gasteiger partial charge is 0.453 e. The number of hydrogen-bond donors (Lipinski definition) is 2. The van der Waals surface area contributed by atoms with Crippen LogP contribution in [0.1, 0.15) is 12.0 Å². The van der Waals surface area contributed by atoms with Crippen molar-refractivity contribution in [2.45, 2.75) is 13.0 Å². The van der Waals surface area contributed by atoms with Crippen molar-refractivity contribution in [1.29, 1.82) is 0 Å². The normalized spacial score (nSPS) is 10.3. The van der Waals surface area contributed by atoms with E-state index < -0.39 is 6.09 Å². The lowest BCUT2D eigenvalue weighted by Gasteiger charge is -2.21. The monoisotopic (exact) mass is 279 g/mol. The van der Waals surface area contributed by atoms with E-state index in [2.05, 4.69) is 10.1 Å². The fourth-order valence-corrected chi connectivity index (χ4v) is 1.78. The molecule has 1 aromatic rings. The van der Waals surface area contributed by atoms with Crippen molar-refractivity contribution < 1.29 is 14.3 Å². The van der Waals surface area contributed by atoms with Crippen LogP contribution in [0.25, 0.3) is 0 Å². The molecule has 1 aromatic carbocycles. The summed E-state index contributed by atoms with van der Waals surface area (Å²) in [7, 11) is 1.22. The smallest absolute Gasteiger partial charge is 0.413 e. The first-order valence-electron chi connectivity index (χ1n) is 6.50. The molecule has 0 aromatic heterocycles. The molecule has 0 atom stereocenters. The summed E-state index contributed by atoms with van der Waals surface area (Å²) >= 11 is 0. The molecule has 0 aliphatic rings. The Hall–Kier alpha value is -1.92. The highest BCUT2D eigenvalue weighted by Crippen LogP contribution is 2.04. The summed E-state index contributed by atoms with van der Waals surface area (Å²) in [5.41, 5.74) is 6.61. The van der Waals surface area contributed by atoms with Crippen LogP contribution in [0.2, 0.25) is 0 Å². The molecule has 0 radical (unpaired) electrons. The van der Waals surface area contributed by atoms with Gasteiger partial charge < -0.3 is 10.5 Å². The molecule has 110 valence electrons. The standard InChI is InChI=1S/C14H21N3O3/c1-20-14(19)16-13(18)11-17(9-5-8-15)10-12-6-3-2-4-7-12/h2-4,6-7H,5,8-11,15H2,1H3,(H,16,18,19). The third-order valence-electron chi connectivity index (χ3n) is 2.72. The highest BCUT2D eigenvalue weighted by molar-refractivity contribution is 5.92. The Labute approximate surface area is 118 Å². The summed E-state index contributed by atoms with van der Waals surface area (Å²) in [4.78, 5) is 24.6. The number of carbonyl (C=O) groups is 2. The van der Waals surface area contributed by atoms with E-state index in [0.717, 1.165) is 12.0 Å². The molecule has 20 heavy (non-hydrogen) atoms. The average molecular weight is 279 g/mol. The summed E-state index contributed by atoms with van der Waals surface area (Å²) < 4.78 is 4.39. The van der Waals surface area contributed by atoms with Gasteiger partial charge in [-0.3, -0.25) is 15.0 Å². The van der Waals surface area contributed by atoms with Crippen LogP contribution in [0.3, 0.4) is 0 Å². The van der Waals surface area contributed by atoms with Gasteiger partial charge in [-0.2, -0.15) is 0 Å². The number of amides is 2. The number of carbonyl (C=O) groups excluding carboxylic acids is 2. The minimum atomic E-state index is -0.742. The van der Waals surface area contributed by atoms with Crippen molar-refractivity contribution in [2.75, 3.05) is 26.7 Å². The van der Waals surface area contributed by atoms with Crippen LogP contribution in [0.15, 0.2) is 30.3 Å². The SMILES string of the molecule is COC(=O)NC(=O)CN(CCCN)Cc1ccccc1. The van der Waals surface area contributed by atoms with Crippen molar-refractivity contribution in [2.24, 2.45) is 5.73 Å². The maximum atomic E-state index is 11.7. The summed E-state index contributed by atoms with van der Waals surface area (Å²) in [5.74, 6) is -0.384. The summed E-state index contributed by atoms with van der Waals surface area (Å²) in [6.45, 7) is 2.02. The van der Waals surface area contributed by atoms with Gasteiger partial charge in [0.25, 0.3) is 0 Å². The molecular formula is C14H21N3O3. The van der Waals surface area contributed by atoms with Crippen molar-refractivity contribution in [3.63, 3.8) is 0 Å². The average Bonchev–Trinajstić information content (AvgIpc) is 2.45. The van der Waals surface area contributed by atoms with Crippen LogP contribution in [0, 0.1) is 0 Å². The number of imide groups is 1. The van der Waals surface area contributed by atoms with Gasteiger partial charge in [-0.05, 0) is 18.5 Å². The zero-order valence-electron chi connectivity index (χ0n) is 11.7. The van der Waals surface area contributed by atoms with Gasteiger partial charge in [-0.15, -0.1) is 0 Å². The van der Waals surface area contributed by atoms with Crippen LogP contribution >= 0.6 is 0 Å². The summed E-state index contributed by atoms with van der Waals surface area (Å²) in [6, 6.07) is 9.83. The molecule has 6 nitrogen and oxygen atoms in total. The van der Waals surface area contributed by atoms with Gasteiger partial charge in [0.05, 0.1) is 13.7 Å². The Bertz CT molecular complexity index is 423. The van der Waals surface area contributed by atoms with Gasteiger partial charge in [0.2, 0.25) is 5.91 Å². The molecule has 0 unspecified atom stereocenters. The van der Waals surface area contributed by atoms with E-state index in [1.165, 1.54) is 7.11 Å². The molecule has 0 heterocycles. The van der Waals surface area contributed by atoms with Crippen molar-refractivity contribution in [3.8, 4) is 0 Å². The number of methoxy groups -OCH3 is 1. The van der Waals surface area contributed by atoms with Crippen molar-refractivity contribution in [1.82, 2.24) is 10.2 Å². The third kappa shape index (κ3) is 6.31. The van der Waals surface area contributed by atoms with Gasteiger partial charge in [0.1, 0.15) is 0 Å². The topological polar surface area (TPSA) is 84.7 Å². The number of alkyl carbamates (subject to hydrolysis) is 1. The van der Waals surface area contributed by atoms with E-state index in [4.69, 9.17) is 5.73 Å². The number of ether oxygens (including phenoxy) is 1. The Morgan fingerprint density at radius 2 is 2.00 bits per heavy atom. The molecule has 0 saturated carbocycles. The lowest BCUT2D eigenvalue weighted by atomic mass is 10.2. The number of nitrogens with two attached hydrogens (primary N) is 1. The van der Waals surface area contributed by atoms with E-state index in [1.807, 2.05) is 35.2 Å². The van der Waals surface area contributed by atoms with Gasteiger partial charge in [-0.1, -0.05) is 30.3 Å². The highest BCUT2D eigenvalue weighted by Gasteiger charge is 2.13. The fourth-order valence-electron chi connectivity index (χ4n) is 1.78. The molecule has 0 aliphatic carbocycles. The highest BCUT2D eigenvalue weighted by atomic mass is 16.5. The maximum Gasteiger partial charge on any atom is 0.413 e. The molecule has 1 rings (SSSR count). The summed E-state index contributed by atoms with van der Waals surface area (Å²) in [6.07, 6.45) is 0.0479. The molecule has 0 aliphatic heterocycles. The van der Waals surface area contributed by atoms with Gasteiger partial charge >= 0.3 is 6.09 Å². The van der Waals surface area contributed by atoms with Gasteiger partial charge in [-0.25, -0.2) is 4.79 Å². The second-order valence-electron chi connectivity index (χ2n) is 4.38. The predicted molar refractivity (Wildman–Crippen MR) is 75.9 cm³/mol. The molecule has 0 bridgehead atoms. The Morgan fingerprint density at radius 3 is 2.60 bits per heavy atom. The van der Waals surface area contributed by atoms with Crippen LogP contribution in [-0.2, 0) is 16.1 Å². The van der Waals surface area contributed by atoms with Crippen molar-refractivity contribution >= 4 is 12.0 Å². The molecule has 0 saturated heterocycles. The number of nitrogens with zero attached hydrogens (tertiary/aromatic N) is 1. The van der Waals surface area contributed by atoms with E-state index in [-0.39, 0.29) is 12.5 Å².